The zero-order valence-corrected chi connectivity index (χ0v) is 12.9. The molecule has 0 fully saturated rings. The lowest BCUT2D eigenvalue weighted by Crippen LogP contribution is -2.37. The third-order valence-corrected chi connectivity index (χ3v) is 3.35. The molecule has 1 heterocycles. The number of nitrogens with zero attached hydrogens (tertiary/aromatic N) is 3. The van der Waals surface area contributed by atoms with E-state index in [0.717, 1.165) is 9.25 Å². The molecule has 7 nitrogen and oxygen atoms in total. The lowest BCUT2D eigenvalue weighted by molar-refractivity contribution is -0.136. The number of hydrazine groups is 1. The largest absolute Gasteiger partial charge is 0.390 e. The fourth-order valence-corrected chi connectivity index (χ4v) is 2.10. The summed E-state index contributed by atoms with van der Waals surface area (Å²) in [6.07, 6.45) is -5.64. The number of hydrogen-bond donors (Lipinski definition) is 2. The number of benzene rings is 1. The molecule has 0 atom stereocenters. The summed E-state index contributed by atoms with van der Waals surface area (Å²) in [4.78, 5) is 23.6. The molecule has 0 aliphatic heterocycles. The summed E-state index contributed by atoms with van der Waals surface area (Å²) in [6, 6.07) is 6.06. The average molecular weight is 364 g/mol. The Bertz CT molecular complexity index is 782. The molecule has 3 N–H and O–H groups in total. The maximum atomic E-state index is 12.5. The summed E-state index contributed by atoms with van der Waals surface area (Å²) in [5, 5.41) is 4.36. The Morgan fingerprint density at radius 1 is 1.29 bits per heavy atom. The van der Waals surface area contributed by atoms with Gasteiger partial charge in [-0.25, -0.2) is 15.3 Å². The van der Waals surface area contributed by atoms with Crippen LogP contribution in [-0.4, -0.2) is 26.4 Å². The normalized spacial score (nSPS) is 11.5. The first-order valence-electron chi connectivity index (χ1n) is 6.71. The minimum Gasteiger partial charge on any atom is -0.293 e. The van der Waals surface area contributed by atoms with E-state index in [4.69, 9.17) is 17.4 Å². The molecule has 0 bridgehead atoms. The van der Waals surface area contributed by atoms with E-state index in [2.05, 4.69) is 5.10 Å². The summed E-state index contributed by atoms with van der Waals surface area (Å²) in [7, 11) is 0. The van der Waals surface area contributed by atoms with E-state index < -0.39 is 37.3 Å². The molecule has 0 saturated heterocycles. The summed E-state index contributed by atoms with van der Waals surface area (Å²) in [6.45, 7) is -1.13. The highest BCUT2D eigenvalue weighted by Crippen LogP contribution is 2.23. The van der Waals surface area contributed by atoms with Crippen LogP contribution in [0.25, 0.3) is 11.4 Å². The van der Waals surface area contributed by atoms with Gasteiger partial charge in [-0.15, -0.1) is 5.10 Å². The molecular formula is C13H13ClF3N5O2. The van der Waals surface area contributed by atoms with Crippen molar-refractivity contribution < 1.29 is 18.0 Å². The van der Waals surface area contributed by atoms with Crippen molar-refractivity contribution in [2.75, 3.05) is 0 Å². The molecule has 2 aromatic rings. The van der Waals surface area contributed by atoms with Crippen LogP contribution in [0, 0.1) is 0 Å². The lowest BCUT2D eigenvalue weighted by Gasteiger charge is -2.08. The first-order valence-corrected chi connectivity index (χ1v) is 7.09. The Balaban J connectivity index is 2.46. The van der Waals surface area contributed by atoms with Gasteiger partial charge in [0.05, 0.1) is 6.42 Å². The van der Waals surface area contributed by atoms with Crippen molar-refractivity contribution in [3.05, 3.63) is 39.8 Å². The fourth-order valence-electron chi connectivity index (χ4n) is 1.98. The predicted molar refractivity (Wildman–Crippen MR) is 79.9 cm³/mol. The average Bonchev–Trinajstić information content (AvgIpc) is 2.81. The highest BCUT2D eigenvalue weighted by atomic mass is 35.5. The van der Waals surface area contributed by atoms with Crippen LogP contribution in [0.1, 0.15) is 6.42 Å². The van der Waals surface area contributed by atoms with Crippen LogP contribution in [-0.2, 0) is 17.9 Å². The van der Waals surface area contributed by atoms with Crippen molar-refractivity contribution >= 4 is 17.5 Å². The first-order chi connectivity index (χ1) is 11.2. The first kappa shape index (κ1) is 18.0. The second-order valence-corrected chi connectivity index (χ2v) is 5.29. The van der Waals surface area contributed by atoms with Crippen LogP contribution in [0.3, 0.4) is 0 Å². The number of halogens is 4. The van der Waals surface area contributed by atoms with E-state index in [0.29, 0.717) is 10.6 Å². The molecule has 24 heavy (non-hydrogen) atoms. The van der Waals surface area contributed by atoms with Crippen LogP contribution >= 0.6 is 11.6 Å². The Kier molecular flexibility index (Phi) is 5.30. The summed E-state index contributed by atoms with van der Waals surface area (Å²) < 4.78 is 39.1. The van der Waals surface area contributed by atoms with Gasteiger partial charge in [0.1, 0.15) is 6.54 Å². The van der Waals surface area contributed by atoms with Crippen molar-refractivity contribution in [3.63, 3.8) is 0 Å². The minimum atomic E-state index is -4.44. The molecule has 130 valence electrons. The van der Waals surface area contributed by atoms with E-state index in [9.17, 15) is 22.8 Å². The third kappa shape index (κ3) is 4.36. The summed E-state index contributed by atoms with van der Waals surface area (Å²) in [5.74, 6) is 4.24. The number of alkyl halides is 3. The molecule has 1 amide bonds. The molecule has 0 unspecified atom stereocenters. The number of aromatic nitrogens is 3. The Morgan fingerprint density at radius 3 is 2.46 bits per heavy atom. The van der Waals surface area contributed by atoms with Gasteiger partial charge in [-0.05, 0) is 24.3 Å². The van der Waals surface area contributed by atoms with Crippen molar-refractivity contribution in [1.29, 1.82) is 0 Å². The van der Waals surface area contributed by atoms with Crippen molar-refractivity contribution in [2.24, 2.45) is 5.84 Å². The van der Waals surface area contributed by atoms with E-state index in [1.54, 1.807) is 0 Å². The summed E-state index contributed by atoms with van der Waals surface area (Å²) >= 11 is 5.77. The van der Waals surface area contributed by atoms with Gasteiger partial charge in [0.25, 0.3) is 5.91 Å². The highest BCUT2D eigenvalue weighted by Gasteiger charge is 2.28. The Morgan fingerprint density at radius 2 is 1.92 bits per heavy atom. The lowest BCUT2D eigenvalue weighted by atomic mass is 10.2. The molecule has 1 aromatic carbocycles. The fraction of sp³-hybridized carbons (Fsp3) is 0.308. The van der Waals surface area contributed by atoms with Gasteiger partial charge in [-0.1, -0.05) is 11.6 Å². The number of nitrogens with one attached hydrogen (secondary N) is 1. The number of hydrogen-bond acceptors (Lipinski definition) is 4. The van der Waals surface area contributed by atoms with Gasteiger partial charge in [0, 0.05) is 17.1 Å². The van der Waals surface area contributed by atoms with Crippen LogP contribution in [0.5, 0.6) is 0 Å². The molecule has 0 aliphatic carbocycles. The highest BCUT2D eigenvalue weighted by molar-refractivity contribution is 6.30. The smallest absolute Gasteiger partial charge is 0.293 e. The standard InChI is InChI=1S/C13H13ClF3N5O2/c14-9-3-1-8(2-4-9)11-20-22(7-10(23)19-18)12(24)21(11)6-5-13(15,16)17/h1-4H,5-7,18H2,(H,19,23). The van der Waals surface area contributed by atoms with Crippen molar-refractivity contribution in [3.8, 4) is 11.4 Å². The van der Waals surface area contributed by atoms with E-state index >= 15 is 0 Å². The van der Waals surface area contributed by atoms with E-state index in [1.807, 2.05) is 5.43 Å². The molecule has 1 aromatic heterocycles. The number of carbonyl (C=O) groups is 1. The van der Waals surface area contributed by atoms with Gasteiger partial charge >= 0.3 is 11.9 Å². The van der Waals surface area contributed by atoms with Gasteiger partial charge < -0.3 is 0 Å². The Hall–Kier alpha value is -2.33. The molecular weight excluding hydrogens is 351 g/mol. The molecule has 11 heteroatoms. The van der Waals surface area contributed by atoms with E-state index in [1.165, 1.54) is 24.3 Å². The van der Waals surface area contributed by atoms with Crippen LogP contribution in [0.4, 0.5) is 13.2 Å². The molecule has 0 spiro atoms. The van der Waals surface area contributed by atoms with Crippen LogP contribution in [0.15, 0.2) is 29.1 Å². The predicted octanol–water partition coefficient (Wildman–Crippen LogP) is 1.31. The third-order valence-electron chi connectivity index (χ3n) is 3.10. The number of rotatable bonds is 5. The van der Waals surface area contributed by atoms with Gasteiger partial charge in [0.2, 0.25) is 0 Å². The number of nitrogens with two attached hydrogens (primary N) is 1. The topological polar surface area (TPSA) is 94.9 Å². The van der Waals surface area contributed by atoms with Gasteiger partial charge in [-0.3, -0.25) is 14.8 Å². The molecule has 0 radical (unpaired) electrons. The SMILES string of the molecule is NNC(=O)Cn1nc(-c2ccc(Cl)cc2)n(CCC(F)(F)F)c1=O. The molecule has 0 saturated carbocycles. The van der Waals surface area contributed by atoms with Crippen LogP contribution < -0.4 is 17.0 Å². The molecule has 2 rings (SSSR count). The van der Waals surface area contributed by atoms with Crippen LogP contribution in [0.2, 0.25) is 5.02 Å². The maximum absolute atomic E-state index is 12.5. The zero-order chi connectivity index (χ0) is 17.9. The van der Waals surface area contributed by atoms with Gasteiger partial charge in [-0.2, -0.15) is 13.2 Å². The summed E-state index contributed by atoms with van der Waals surface area (Å²) in [5.41, 5.74) is 1.38. The maximum Gasteiger partial charge on any atom is 0.390 e. The monoisotopic (exact) mass is 363 g/mol. The Labute approximate surface area is 138 Å². The molecule has 0 aliphatic rings. The van der Waals surface area contributed by atoms with Gasteiger partial charge in [0.15, 0.2) is 5.82 Å². The van der Waals surface area contributed by atoms with E-state index in [-0.39, 0.29) is 5.82 Å². The second kappa shape index (κ2) is 7.05. The second-order valence-electron chi connectivity index (χ2n) is 4.86. The minimum absolute atomic E-state index is 0.00531. The number of amides is 1. The van der Waals surface area contributed by atoms with Crippen molar-refractivity contribution in [2.45, 2.75) is 25.7 Å². The number of carbonyl (C=O) groups excluding carboxylic acids is 1. The van der Waals surface area contributed by atoms with Crippen molar-refractivity contribution in [1.82, 2.24) is 19.8 Å². The quantitative estimate of drug-likeness (QED) is 0.475. The zero-order valence-electron chi connectivity index (χ0n) is 12.2.